The lowest BCUT2D eigenvalue weighted by molar-refractivity contribution is 0.0640. The topological polar surface area (TPSA) is 33.7 Å². The van der Waals surface area contributed by atoms with E-state index >= 15 is 0 Å². The number of hydrogen-bond acceptors (Lipinski definition) is 4. The average Bonchev–Trinajstić information content (AvgIpc) is 2.45. The molecule has 0 radical (unpaired) electrons. The Labute approximate surface area is 126 Å². The first-order valence-corrected chi connectivity index (χ1v) is 8.36. The highest BCUT2D eigenvalue weighted by Gasteiger charge is 2.13. The van der Waals surface area contributed by atoms with Crippen LogP contribution in [0.4, 0.5) is 0 Å². The predicted octanol–water partition coefficient (Wildman–Crippen LogP) is 2.53. The monoisotopic (exact) mass is 288 g/mol. The zero-order valence-electron chi connectivity index (χ0n) is 14.1. The van der Waals surface area contributed by atoms with E-state index in [0.29, 0.717) is 6.04 Å². The number of rotatable bonds is 15. The van der Waals surface area contributed by atoms with Crippen LogP contribution < -0.4 is 5.32 Å². The molecule has 0 heterocycles. The second-order valence-electron chi connectivity index (χ2n) is 5.17. The minimum absolute atomic E-state index is 0.597. The van der Waals surface area contributed by atoms with E-state index in [0.717, 1.165) is 52.6 Å². The van der Waals surface area contributed by atoms with Crippen molar-refractivity contribution in [1.82, 2.24) is 10.2 Å². The highest BCUT2D eigenvalue weighted by atomic mass is 16.5. The minimum Gasteiger partial charge on any atom is -0.380 e. The second-order valence-corrected chi connectivity index (χ2v) is 5.17. The summed E-state index contributed by atoms with van der Waals surface area (Å²) in [4.78, 5) is 2.49. The molecule has 4 heteroatoms. The molecule has 0 aliphatic carbocycles. The maximum atomic E-state index is 5.48. The van der Waals surface area contributed by atoms with Gasteiger partial charge in [-0.15, -0.1) is 0 Å². The van der Waals surface area contributed by atoms with Crippen LogP contribution in [0, 0.1) is 0 Å². The normalized spacial score (nSPS) is 13.1. The van der Waals surface area contributed by atoms with E-state index in [2.05, 4.69) is 24.1 Å². The summed E-state index contributed by atoms with van der Waals surface area (Å²) in [6.45, 7) is 16.1. The van der Waals surface area contributed by atoms with E-state index in [1.807, 2.05) is 13.8 Å². The summed E-state index contributed by atoms with van der Waals surface area (Å²) in [7, 11) is 0. The molecule has 0 saturated carbocycles. The Bertz CT molecular complexity index is 181. The number of hydrogen-bond donors (Lipinski definition) is 1. The van der Waals surface area contributed by atoms with Gasteiger partial charge in [0.2, 0.25) is 0 Å². The highest BCUT2D eigenvalue weighted by Crippen LogP contribution is 2.06. The van der Waals surface area contributed by atoms with Crippen molar-refractivity contribution in [2.24, 2.45) is 0 Å². The van der Waals surface area contributed by atoms with Gasteiger partial charge < -0.3 is 14.8 Å². The smallest absolute Gasteiger partial charge is 0.0593 e. The maximum Gasteiger partial charge on any atom is 0.0593 e. The fourth-order valence-corrected chi connectivity index (χ4v) is 2.21. The summed E-state index contributed by atoms with van der Waals surface area (Å²) in [5, 5.41) is 3.47. The molecule has 0 amide bonds. The Balaban J connectivity index is 3.87. The molecule has 0 bridgehead atoms. The van der Waals surface area contributed by atoms with Gasteiger partial charge in [0.1, 0.15) is 0 Å². The van der Waals surface area contributed by atoms with Gasteiger partial charge in [-0.2, -0.15) is 0 Å². The molecule has 0 aromatic heterocycles. The summed E-state index contributed by atoms with van der Waals surface area (Å²) in [5.74, 6) is 0. The first-order chi connectivity index (χ1) is 9.76. The van der Waals surface area contributed by atoms with Crippen LogP contribution >= 0.6 is 0 Å². The van der Waals surface area contributed by atoms with Gasteiger partial charge in [-0.1, -0.05) is 6.92 Å². The zero-order valence-corrected chi connectivity index (χ0v) is 14.1. The van der Waals surface area contributed by atoms with Crippen LogP contribution in [0.3, 0.4) is 0 Å². The Morgan fingerprint density at radius 3 is 2.05 bits per heavy atom. The zero-order chi connectivity index (χ0) is 15.1. The summed E-state index contributed by atoms with van der Waals surface area (Å²) in [6, 6.07) is 0.597. The summed E-state index contributed by atoms with van der Waals surface area (Å²) >= 11 is 0. The Kier molecular flexibility index (Phi) is 15.1. The van der Waals surface area contributed by atoms with Crippen LogP contribution in [0.2, 0.25) is 0 Å². The maximum absolute atomic E-state index is 5.48. The second kappa shape index (κ2) is 15.2. The third kappa shape index (κ3) is 11.6. The molecule has 1 unspecified atom stereocenters. The van der Waals surface area contributed by atoms with Crippen LogP contribution in [0.1, 0.15) is 47.0 Å². The van der Waals surface area contributed by atoms with Crippen LogP contribution in [0.5, 0.6) is 0 Å². The van der Waals surface area contributed by atoms with Gasteiger partial charge in [-0.05, 0) is 53.1 Å². The van der Waals surface area contributed by atoms with Crippen molar-refractivity contribution in [1.29, 1.82) is 0 Å². The molecule has 4 nitrogen and oxygen atoms in total. The molecule has 0 rings (SSSR count). The number of nitrogens with one attached hydrogen (secondary N) is 1. The van der Waals surface area contributed by atoms with Gasteiger partial charge in [0.25, 0.3) is 0 Å². The van der Waals surface area contributed by atoms with Gasteiger partial charge in [0, 0.05) is 32.3 Å². The molecule has 0 saturated heterocycles. The fraction of sp³-hybridized carbons (Fsp3) is 1.00. The first kappa shape index (κ1) is 19.8. The van der Waals surface area contributed by atoms with Crippen LogP contribution in [0.25, 0.3) is 0 Å². The third-order valence-corrected chi connectivity index (χ3v) is 3.48. The van der Waals surface area contributed by atoms with Crippen molar-refractivity contribution in [3.63, 3.8) is 0 Å². The molecular formula is C16H36N2O2. The van der Waals surface area contributed by atoms with Crippen LogP contribution in [-0.4, -0.2) is 63.5 Å². The van der Waals surface area contributed by atoms with Crippen molar-refractivity contribution in [2.45, 2.75) is 53.0 Å². The third-order valence-electron chi connectivity index (χ3n) is 3.48. The molecule has 0 fully saturated rings. The standard InChI is InChI=1S/C16H36N2O2/c1-5-10-17-11-8-9-16(4)18(12-14-19-6-2)13-15-20-7-3/h16-17H,5-15H2,1-4H3. The molecule has 0 aliphatic heterocycles. The van der Waals surface area contributed by atoms with Crippen LogP contribution in [0.15, 0.2) is 0 Å². The SMILES string of the molecule is CCCNCCCC(C)N(CCOCC)CCOCC. The van der Waals surface area contributed by atoms with Gasteiger partial charge in [0.05, 0.1) is 13.2 Å². The van der Waals surface area contributed by atoms with Crippen molar-refractivity contribution in [3.05, 3.63) is 0 Å². The predicted molar refractivity (Wildman–Crippen MR) is 86.4 cm³/mol. The van der Waals surface area contributed by atoms with Crippen molar-refractivity contribution in [3.8, 4) is 0 Å². The van der Waals surface area contributed by atoms with E-state index in [1.165, 1.54) is 19.3 Å². The van der Waals surface area contributed by atoms with E-state index in [-0.39, 0.29) is 0 Å². The van der Waals surface area contributed by atoms with Gasteiger partial charge in [-0.3, -0.25) is 4.90 Å². The lowest BCUT2D eigenvalue weighted by Gasteiger charge is -2.29. The molecule has 1 N–H and O–H groups in total. The Hall–Kier alpha value is -0.160. The van der Waals surface area contributed by atoms with Crippen molar-refractivity contribution in [2.75, 3.05) is 52.6 Å². The molecule has 0 aromatic rings. The van der Waals surface area contributed by atoms with Crippen LogP contribution in [-0.2, 0) is 9.47 Å². The average molecular weight is 288 g/mol. The van der Waals surface area contributed by atoms with E-state index < -0.39 is 0 Å². The number of ether oxygens (including phenoxy) is 2. The van der Waals surface area contributed by atoms with Gasteiger partial charge in [0.15, 0.2) is 0 Å². The fourth-order valence-electron chi connectivity index (χ4n) is 2.21. The summed E-state index contributed by atoms with van der Waals surface area (Å²) in [5.41, 5.74) is 0. The molecular weight excluding hydrogens is 252 g/mol. The molecule has 0 aliphatic rings. The summed E-state index contributed by atoms with van der Waals surface area (Å²) in [6.07, 6.45) is 3.68. The molecule has 0 aromatic carbocycles. The Morgan fingerprint density at radius 1 is 0.950 bits per heavy atom. The largest absolute Gasteiger partial charge is 0.380 e. The van der Waals surface area contributed by atoms with E-state index in [9.17, 15) is 0 Å². The lowest BCUT2D eigenvalue weighted by atomic mass is 10.1. The van der Waals surface area contributed by atoms with Crippen molar-refractivity contribution >= 4 is 0 Å². The van der Waals surface area contributed by atoms with Gasteiger partial charge >= 0.3 is 0 Å². The molecule has 1 atom stereocenters. The minimum atomic E-state index is 0.597. The van der Waals surface area contributed by atoms with Crippen molar-refractivity contribution < 1.29 is 9.47 Å². The van der Waals surface area contributed by atoms with Gasteiger partial charge in [-0.25, -0.2) is 0 Å². The molecule has 0 spiro atoms. The molecule has 20 heavy (non-hydrogen) atoms. The lowest BCUT2D eigenvalue weighted by Crippen LogP contribution is -2.38. The quantitative estimate of drug-likeness (QED) is 0.470. The first-order valence-electron chi connectivity index (χ1n) is 8.36. The summed E-state index contributed by atoms with van der Waals surface area (Å²) < 4.78 is 11.0. The molecule has 122 valence electrons. The number of nitrogens with zero attached hydrogens (tertiary/aromatic N) is 1. The Morgan fingerprint density at radius 2 is 1.55 bits per heavy atom. The van der Waals surface area contributed by atoms with E-state index in [1.54, 1.807) is 0 Å². The van der Waals surface area contributed by atoms with E-state index in [4.69, 9.17) is 9.47 Å². The highest BCUT2D eigenvalue weighted by molar-refractivity contribution is 4.68.